The highest BCUT2D eigenvalue weighted by molar-refractivity contribution is 6.29. The Morgan fingerprint density at radius 2 is 2.04 bits per heavy atom. The van der Waals surface area contributed by atoms with Crippen molar-refractivity contribution < 1.29 is 9.53 Å². The predicted molar refractivity (Wildman–Crippen MR) is 95.3 cm³/mol. The molecule has 128 valence electrons. The minimum absolute atomic E-state index is 0.138. The maximum absolute atomic E-state index is 12.9. The molecule has 5 nitrogen and oxygen atoms in total. The van der Waals surface area contributed by atoms with E-state index in [0.29, 0.717) is 17.2 Å². The van der Waals surface area contributed by atoms with E-state index < -0.39 is 5.54 Å². The van der Waals surface area contributed by atoms with Crippen LogP contribution in [0.1, 0.15) is 24.6 Å². The van der Waals surface area contributed by atoms with Crippen LogP contribution < -0.4 is 0 Å². The highest BCUT2D eigenvalue weighted by atomic mass is 35.5. The fourth-order valence-electron chi connectivity index (χ4n) is 3.32. The van der Waals surface area contributed by atoms with Crippen LogP contribution in [0.15, 0.2) is 42.5 Å². The van der Waals surface area contributed by atoms with Crippen molar-refractivity contribution in [2.75, 3.05) is 0 Å². The Kier molecular flexibility index (Phi) is 3.76. The molecule has 0 N–H and O–H groups in total. The molecular formula is C19H18ClN3O2. The lowest BCUT2D eigenvalue weighted by atomic mass is 10.2. The number of rotatable bonds is 4. The molecule has 2 unspecified atom stereocenters. The zero-order valence-corrected chi connectivity index (χ0v) is 14.8. The average Bonchev–Trinajstić information content (AvgIpc) is 3.19. The van der Waals surface area contributed by atoms with Crippen molar-refractivity contribution in [1.82, 2.24) is 14.8 Å². The van der Waals surface area contributed by atoms with Gasteiger partial charge in [-0.15, -0.1) is 0 Å². The van der Waals surface area contributed by atoms with Gasteiger partial charge in [0.15, 0.2) is 11.2 Å². The second-order valence-electron chi connectivity index (χ2n) is 6.59. The van der Waals surface area contributed by atoms with Crippen LogP contribution >= 0.6 is 11.6 Å². The smallest absolute Gasteiger partial charge is 0.334 e. The summed E-state index contributed by atoms with van der Waals surface area (Å²) in [7, 11) is 0. The number of hydrogen-bond donors (Lipinski definition) is 0. The van der Waals surface area contributed by atoms with Crippen LogP contribution in [-0.4, -0.2) is 20.7 Å². The molecule has 0 aliphatic heterocycles. The second-order valence-corrected chi connectivity index (χ2v) is 6.98. The van der Waals surface area contributed by atoms with Gasteiger partial charge in [-0.2, -0.15) is 5.10 Å². The van der Waals surface area contributed by atoms with Crippen molar-refractivity contribution in [3.8, 4) is 0 Å². The van der Waals surface area contributed by atoms with Gasteiger partial charge in [-0.25, -0.2) is 14.5 Å². The number of fused-ring (bicyclic) bond motifs is 1. The topological polar surface area (TPSA) is 57.0 Å². The zero-order valence-electron chi connectivity index (χ0n) is 14.1. The van der Waals surface area contributed by atoms with E-state index in [1.54, 1.807) is 10.7 Å². The Morgan fingerprint density at radius 3 is 2.72 bits per heavy atom. The van der Waals surface area contributed by atoms with Crippen LogP contribution in [0.5, 0.6) is 0 Å². The van der Waals surface area contributed by atoms with Gasteiger partial charge in [0.2, 0.25) is 0 Å². The molecule has 1 aliphatic carbocycles. The van der Waals surface area contributed by atoms with E-state index in [-0.39, 0.29) is 18.5 Å². The van der Waals surface area contributed by atoms with Crippen LogP contribution in [0, 0.1) is 12.8 Å². The summed E-state index contributed by atoms with van der Waals surface area (Å²) in [6.07, 6.45) is 0.686. The van der Waals surface area contributed by atoms with Gasteiger partial charge in [-0.1, -0.05) is 48.9 Å². The Labute approximate surface area is 150 Å². The molecule has 25 heavy (non-hydrogen) atoms. The summed E-state index contributed by atoms with van der Waals surface area (Å²) < 4.78 is 7.32. The summed E-state index contributed by atoms with van der Waals surface area (Å²) >= 11 is 6.06. The molecule has 0 bridgehead atoms. The maximum atomic E-state index is 12.9. The van der Waals surface area contributed by atoms with Gasteiger partial charge in [-0.05, 0) is 37.0 Å². The number of nitrogens with zero attached hydrogens (tertiary/aromatic N) is 3. The third kappa shape index (κ3) is 2.59. The number of ether oxygens (including phenoxy) is 1. The van der Waals surface area contributed by atoms with Crippen molar-refractivity contribution in [3.63, 3.8) is 0 Å². The molecule has 2 atom stereocenters. The van der Waals surface area contributed by atoms with E-state index in [1.165, 1.54) is 0 Å². The van der Waals surface area contributed by atoms with Crippen molar-refractivity contribution in [3.05, 3.63) is 58.9 Å². The summed E-state index contributed by atoms with van der Waals surface area (Å²) in [6, 6.07) is 13.3. The Balaban J connectivity index is 1.68. The molecule has 6 heteroatoms. The van der Waals surface area contributed by atoms with Crippen LogP contribution in [0.25, 0.3) is 11.0 Å². The summed E-state index contributed by atoms with van der Waals surface area (Å²) in [5, 5.41) is 5.87. The van der Waals surface area contributed by atoms with Crippen LogP contribution in [0.2, 0.25) is 5.15 Å². The number of halogens is 1. The Hall–Kier alpha value is -2.40. The zero-order chi connectivity index (χ0) is 17.6. The van der Waals surface area contributed by atoms with E-state index in [0.717, 1.165) is 16.6 Å². The molecule has 1 aliphatic rings. The lowest BCUT2D eigenvalue weighted by Crippen LogP contribution is -2.33. The van der Waals surface area contributed by atoms with E-state index in [4.69, 9.17) is 16.3 Å². The third-order valence-electron chi connectivity index (χ3n) is 4.90. The molecule has 4 rings (SSSR count). The number of pyridine rings is 1. The summed E-state index contributed by atoms with van der Waals surface area (Å²) in [5.74, 6) is -0.130. The van der Waals surface area contributed by atoms with Gasteiger partial charge in [-0.3, -0.25) is 0 Å². The fourth-order valence-corrected chi connectivity index (χ4v) is 3.46. The van der Waals surface area contributed by atoms with Gasteiger partial charge in [0.1, 0.15) is 11.8 Å². The molecular weight excluding hydrogens is 338 g/mol. The first-order chi connectivity index (χ1) is 12.0. The molecule has 0 spiro atoms. The number of carbonyl (C=O) groups excluding carboxylic acids is 1. The van der Waals surface area contributed by atoms with Crippen molar-refractivity contribution in [2.45, 2.75) is 32.4 Å². The number of carbonyl (C=O) groups is 1. The van der Waals surface area contributed by atoms with Crippen LogP contribution in [0.4, 0.5) is 0 Å². The quantitative estimate of drug-likeness (QED) is 0.526. The first kappa shape index (κ1) is 16.1. The van der Waals surface area contributed by atoms with Crippen molar-refractivity contribution in [2.24, 2.45) is 5.92 Å². The Morgan fingerprint density at radius 1 is 1.32 bits per heavy atom. The lowest BCUT2D eigenvalue weighted by molar-refractivity contribution is -0.151. The van der Waals surface area contributed by atoms with Gasteiger partial charge in [0.25, 0.3) is 0 Å². The van der Waals surface area contributed by atoms with E-state index in [9.17, 15) is 4.79 Å². The van der Waals surface area contributed by atoms with E-state index >= 15 is 0 Å². The number of benzene rings is 1. The molecule has 1 saturated carbocycles. The second kappa shape index (κ2) is 5.85. The van der Waals surface area contributed by atoms with E-state index in [2.05, 4.69) is 10.1 Å². The van der Waals surface area contributed by atoms with Gasteiger partial charge in [0.05, 0.1) is 5.69 Å². The highest BCUT2D eigenvalue weighted by Crippen LogP contribution is 2.52. The Bertz CT molecular complexity index is 954. The number of hydrogen-bond acceptors (Lipinski definition) is 4. The fraction of sp³-hybridized carbons (Fsp3) is 0.316. The lowest BCUT2D eigenvalue weighted by Gasteiger charge is -2.17. The predicted octanol–water partition coefficient (Wildman–Crippen LogP) is 3.87. The number of aromatic nitrogens is 3. The maximum Gasteiger partial charge on any atom is 0.334 e. The third-order valence-corrected chi connectivity index (χ3v) is 5.11. The average molecular weight is 356 g/mol. The van der Waals surface area contributed by atoms with Gasteiger partial charge < -0.3 is 4.74 Å². The summed E-state index contributed by atoms with van der Waals surface area (Å²) in [4.78, 5) is 17.3. The monoisotopic (exact) mass is 355 g/mol. The molecule has 0 saturated heterocycles. The largest absolute Gasteiger partial charge is 0.459 e. The first-order valence-corrected chi connectivity index (χ1v) is 8.63. The van der Waals surface area contributed by atoms with Crippen LogP contribution in [0.3, 0.4) is 0 Å². The number of aryl methyl sites for hydroxylation is 1. The summed E-state index contributed by atoms with van der Waals surface area (Å²) in [6.45, 7) is 4.18. The molecule has 3 aromatic rings. The summed E-state index contributed by atoms with van der Waals surface area (Å²) in [5.41, 5.74) is 1.63. The van der Waals surface area contributed by atoms with Gasteiger partial charge in [0, 0.05) is 5.39 Å². The normalized spacial score (nSPS) is 22.1. The van der Waals surface area contributed by atoms with E-state index in [1.807, 2.05) is 50.2 Å². The minimum Gasteiger partial charge on any atom is -0.459 e. The van der Waals surface area contributed by atoms with Crippen molar-refractivity contribution in [1.29, 1.82) is 0 Å². The minimum atomic E-state index is -0.793. The first-order valence-electron chi connectivity index (χ1n) is 8.26. The molecule has 1 fully saturated rings. The van der Waals surface area contributed by atoms with Crippen LogP contribution in [-0.2, 0) is 21.7 Å². The molecule has 0 radical (unpaired) electrons. The SMILES string of the molecule is Cc1nn(C2(C(=O)OCc3ccccc3)CC2C)c2nc(Cl)ccc12. The molecule has 2 aromatic heterocycles. The molecule has 2 heterocycles. The molecule has 1 aromatic carbocycles. The standard InChI is InChI=1S/C19H18ClN3O2/c1-12-10-19(12,18(24)25-11-14-6-4-3-5-7-14)23-17-15(13(2)22-23)8-9-16(20)21-17/h3-9,12H,10-11H2,1-2H3. The number of esters is 1. The highest BCUT2D eigenvalue weighted by Gasteiger charge is 2.62. The van der Waals surface area contributed by atoms with Crippen molar-refractivity contribution >= 4 is 28.6 Å². The van der Waals surface area contributed by atoms with Gasteiger partial charge >= 0.3 is 5.97 Å². The molecule has 0 amide bonds.